The Kier molecular flexibility index (Phi) is 16.9. The number of carbonyl (C=O) groups is 1. The van der Waals surface area contributed by atoms with Crippen molar-refractivity contribution < 1.29 is 14.6 Å². The van der Waals surface area contributed by atoms with Crippen molar-refractivity contribution in [2.45, 2.75) is 72.6 Å². The Balaban J connectivity index is 0.000000481. The number of unbranched alkanes of at least 4 members (excludes halogenated alkanes) is 3. The van der Waals surface area contributed by atoms with E-state index in [2.05, 4.69) is 20.8 Å². The topological polar surface area (TPSA) is 46.5 Å². The van der Waals surface area contributed by atoms with Gasteiger partial charge in [0.1, 0.15) is 5.75 Å². The van der Waals surface area contributed by atoms with Crippen LogP contribution in [-0.2, 0) is 4.79 Å². The minimum atomic E-state index is -1.05. The number of carboxylic acids is 1. The average molecular weight is 511 g/mol. The van der Waals surface area contributed by atoms with E-state index < -0.39 is 32.3 Å². The van der Waals surface area contributed by atoms with Crippen molar-refractivity contribution >= 4 is 48.9 Å². The normalized spacial score (nSPS) is 10.4. The zero-order valence-corrected chi connectivity index (χ0v) is 20.7. The van der Waals surface area contributed by atoms with E-state index in [1.165, 1.54) is 50.7 Å². The fraction of sp³-hybridized carbons (Fsp3) is 0.650. The van der Waals surface area contributed by atoms with Crippen molar-refractivity contribution in [3.05, 3.63) is 28.2 Å². The van der Waals surface area contributed by atoms with Crippen LogP contribution in [0.4, 0.5) is 0 Å². The van der Waals surface area contributed by atoms with Crippen LogP contribution in [0, 0.1) is 0 Å². The number of aliphatic carboxylic acids is 1. The molecular weight excluding hydrogens is 478 g/mol. The first-order valence-corrected chi connectivity index (χ1v) is 16.4. The van der Waals surface area contributed by atoms with Gasteiger partial charge in [-0.15, -0.1) is 0 Å². The SMILES string of the molecule is CCC[CH2][Sn]([CH2]CCC)[CH2]CCC.O=C(O)COc1ccc(Cl)cc1Cl. The third kappa shape index (κ3) is 14.0. The van der Waals surface area contributed by atoms with Gasteiger partial charge in [-0.1, -0.05) is 23.2 Å². The molecule has 0 spiro atoms. The number of hydrogen-bond acceptors (Lipinski definition) is 2. The average Bonchev–Trinajstić information content (AvgIpc) is 2.61. The van der Waals surface area contributed by atoms with Gasteiger partial charge in [-0.3, -0.25) is 0 Å². The summed E-state index contributed by atoms with van der Waals surface area (Å²) in [6.45, 7) is 6.59. The summed E-state index contributed by atoms with van der Waals surface area (Å²) < 4.78 is 9.90. The fourth-order valence-corrected chi connectivity index (χ4v) is 12.3. The van der Waals surface area contributed by atoms with Crippen LogP contribution < -0.4 is 4.74 Å². The Morgan fingerprint density at radius 2 is 1.50 bits per heavy atom. The molecule has 26 heavy (non-hydrogen) atoms. The van der Waals surface area contributed by atoms with Gasteiger partial charge in [0.25, 0.3) is 0 Å². The summed E-state index contributed by atoms with van der Waals surface area (Å²) in [6.07, 6.45) is 8.85. The molecular formula is C20H33Cl2O3Sn. The second kappa shape index (κ2) is 17.0. The number of hydrogen-bond donors (Lipinski definition) is 1. The molecule has 1 radical (unpaired) electrons. The maximum Gasteiger partial charge on any atom is 0.341 e. The third-order valence-corrected chi connectivity index (χ3v) is 13.5. The van der Waals surface area contributed by atoms with Gasteiger partial charge in [0.05, 0.1) is 5.02 Å². The molecule has 0 saturated heterocycles. The van der Waals surface area contributed by atoms with Gasteiger partial charge in [0.15, 0.2) is 6.61 Å². The zero-order valence-electron chi connectivity index (χ0n) is 16.3. The monoisotopic (exact) mass is 511 g/mol. The smallest absolute Gasteiger partial charge is 0.341 e. The first-order valence-electron chi connectivity index (χ1n) is 9.57. The molecule has 0 unspecified atom stereocenters. The maximum atomic E-state index is 10.2. The van der Waals surface area contributed by atoms with Gasteiger partial charge in [-0.05, 0) is 18.2 Å². The van der Waals surface area contributed by atoms with Gasteiger partial charge >= 0.3 is 98.3 Å². The van der Waals surface area contributed by atoms with Crippen molar-refractivity contribution in [2.75, 3.05) is 6.61 Å². The van der Waals surface area contributed by atoms with Crippen molar-refractivity contribution in [1.82, 2.24) is 0 Å². The van der Waals surface area contributed by atoms with Crippen LogP contribution in [0.25, 0.3) is 0 Å². The van der Waals surface area contributed by atoms with E-state index in [9.17, 15) is 4.79 Å². The van der Waals surface area contributed by atoms with E-state index in [4.69, 9.17) is 33.0 Å². The molecule has 0 aliphatic heterocycles. The molecule has 1 aromatic carbocycles. The van der Waals surface area contributed by atoms with E-state index in [0.29, 0.717) is 15.8 Å². The standard InChI is InChI=1S/C8H6Cl2O3.3C4H9.Sn/c9-5-1-2-7(6(10)3-5)13-4-8(11)12;3*1-3-4-2;/h1-3H,4H2,(H,11,12);3*1,3-4H2,2H3;. The molecule has 0 aliphatic carbocycles. The van der Waals surface area contributed by atoms with Gasteiger partial charge in [-0.25, -0.2) is 4.79 Å². The summed E-state index contributed by atoms with van der Waals surface area (Å²) in [5.41, 5.74) is 0. The molecule has 0 atom stereocenters. The largest absolute Gasteiger partial charge is 0.480 e. The second-order valence-electron chi connectivity index (χ2n) is 6.32. The summed E-state index contributed by atoms with van der Waals surface area (Å²) in [5.74, 6) is -0.737. The summed E-state index contributed by atoms with van der Waals surface area (Å²) >= 11 is 10.5. The number of rotatable bonds is 12. The van der Waals surface area contributed by atoms with Crippen LogP contribution >= 0.6 is 23.2 Å². The Morgan fingerprint density at radius 1 is 1.00 bits per heavy atom. The molecule has 0 heterocycles. The first-order chi connectivity index (χ1) is 12.4. The van der Waals surface area contributed by atoms with Gasteiger partial charge in [0, 0.05) is 5.02 Å². The predicted octanol–water partition coefficient (Wildman–Crippen LogP) is 7.34. The second-order valence-corrected chi connectivity index (χ2v) is 15.7. The number of benzene rings is 1. The van der Waals surface area contributed by atoms with Crippen molar-refractivity contribution in [3.8, 4) is 5.75 Å². The van der Waals surface area contributed by atoms with Crippen LogP contribution in [0.2, 0.25) is 23.4 Å². The summed E-state index contributed by atoms with van der Waals surface area (Å²) in [7, 11) is 0. The molecule has 0 aromatic heterocycles. The molecule has 0 amide bonds. The van der Waals surface area contributed by atoms with Crippen molar-refractivity contribution in [3.63, 3.8) is 0 Å². The quantitative estimate of drug-likeness (QED) is 0.299. The fourth-order valence-electron chi connectivity index (χ4n) is 2.39. The molecule has 149 valence electrons. The Labute approximate surface area is 176 Å². The number of halogens is 2. The summed E-state index contributed by atoms with van der Waals surface area (Å²) in [5, 5.41) is 9.11. The maximum absolute atomic E-state index is 10.2. The van der Waals surface area contributed by atoms with E-state index in [-0.39, 0.29) is 0 Å². The molecule has 0 saturated carbocycles. The van der Waals surface area contributed by atoms with E-state index in [1.54, 1.807) is 19.4 Å². The Morgan fingerprint density at radius 3 is 1.88 bits per heavy atom. The Hall–Kier alpha value is -0.131. The molecule has 0 bridgehead atoms. The minimum absolute atomic E-state index is 0.300. The van der Waals surface area contributed by atoms with Crippen LogP contribution in [-0.4, -0.2) is 37.4 Å². The van der Waals surface area contributed by atoms with Gasteiger partial charge < -0.3 is 9.84 Å². The van der Waals surface area contributed by atoms with E-state index in [0.717, 1.165) is 0 Å². The Bertz CT molecular complexity index is 479. The van der Waals surface area contributed by atoms with Gasteiger partial charge in [-0.2, -0.15) is 0 Å². The molecule has 0 aliphatic rings. The van der Waals surface area contributed by atoms with Crippen molar-refractivity contribution in [1.29, 1.82) is 0 Å². The minimum Gasteiger partial charge on any atom is -0.480 e. The predicted molar refractivity (Wildman–Crippen MR) is 114 cm³/mol. The molecule has 0 fully saturated rings. The molecule has 3 nitrogen and oxygen atoms in total. The molecule has 1 aromatic rings. The third-order valence-electron chi connectivity index (χ3n) is 3.90. The zero-order chi connectivity index (χ0) is 19.8. The van der Waals surface area contributed by atoms with Crippen LogP contribution in [0.1, 0.15) is 59.3 Å². The first kappa shape index (κ1) is 25.9. The van der Waals surface area contributed by atoms with Crippen molar-refractivity contribution in [2.24, 2.45) is 0 Å². The van der Waals surface area contributed by atoms with Crippen LogP contribution in [0.3, 0.4) is 0 Å². The molecule has 6 heteroatoms. The van der Waals surface area contributed by atoms with Crippen LogP contribution in [0.15, 0.2) is 18.2 Å². The van der Waals surface area contributed by atoms with Crippen LogP contribution in [0.5, 0.6) is 5.75 Å². The van der Waals surface area contributed by atoms with E-state index >= 15 is 0 Å². The number of carboxylic acid groups (broad SMARTS) is 1. The summed E-state index contributed by atoms with van der Waals surface area (Å²) in [4.78, 5) is 10.2. The molecule has 1 N–H and O–H groups in total. The van der Waals surface area contributed by atoms with E-state index in [1.807, 2.05) is 0 Å². The number of ether oxygens (including phenoxy) is 1. The van der Waals surface area contributed by atoms with Gasteiger partial charge in [0.2, 0.25) is 0 Å². The molecule has 1 rings (SSSR count). The summed E-state index contributed by atoms with van der Waals surface area (Å²) in [6, 6.07) is 4.58.